The lowest BCUT2D eigenvalue weighted by molar-refractivity contribution is 0.402. The van der Waals surface area contributed by atoms with Crippen LogP contribution >= 0.6 is 0 Å². The minimum atomic E-state index is -2.83. The van der Waals surface area contributed by atoms with Crippen molar-refractivity contribution in [2.75, 3.05) is 25.2 Å². The molecule has 0 aliphatic carbocycles. The second-order valence-corrected chi connectivity index (χ2v) is 7.55. The average Bonchev–Trinajstić information content (AvgIpc) is 2.75. The number of phenols is 1. The van der Waals surface area contributed by atoms with Crippen molar-refractivity contribution in [1.29, 1.82) is 0 Å². The number of aromatic hydroxyl groups is 1. The van der Waals surface area contributed by atoms with Gasteiger partial charge in [-0.2, -0.15) is 0 Å². The van der Waals surface area contributed by atoms with Crippen molar-refractivity contribution in [3.05, 3.63) is 23.8 Å². The first-order valence-electron chi connectivity index (χ1n) is 6.72. The van der Waals surface area contributed by atoms with Crippen LogP contribution in [-0.2, 0) is 9.84 Å². The molecule has 0 spiro atoms. The zero-order valence-corrected chi connectivity index (χ0v) is 12.6. The number of phenolic OH excluding ortho intramolecular Hbond substituents is 1. The molecule has 1 aromatic rings. The summed E-state index contributed by atoms with van der Waals surface area (Å²) in [6.45, 7) is 2.59. The Kier molecular flexibility index (Phi) is 4.55. The molecule has 112 valence electrons. The number of rotatable bonds is 5. The molecule has 2 rings (SSSR count). The van der Waals surface area contributed by atoms with Crippen LogP contribution < -0.4 is 10.1 Å². The molecule has 0 radical (unpaired) electrons. The van der Waals surface area contributed by atoms with E-state index in [9.17, 15) is 13.5 Å². The summed E-state index contributed by atoms with van der Waals surface area (Å²) < 4.78 is 27.8. The molecule has 1 fully saturated rings. The maximum atomic E-state index is 11.4. The quantitative estimate of drug-likeness (QED) is 0.861. The third kappa shape index (κ3) is 3.64. The molecule has 2 N–H and O–H groups in total. The summed E-state index contributed by atoms with van der Waals surface area (Å²) in [6, 6.07) is 5.15. The van der Waals surface area contributed by atoms with Crippen LogP contribution in [0.2, 0.25) is 0 Å². The van der Waals surface area contributed by atoms with Gasteiger partial charge < -0.3 is 15.2 Å². The molecule has 6 heteroatoms. The molecule has 1 aromatic carbocycles. The molecule has 1 heterocycles. The second-order valence-electron chi connectivity index (χ2n) is 5.32. The van der Waals surface area contributed by atoms with E-state index >= 15 is 0 Å². The highest BCUT2D eigenvalue weighted by molar-refractivity contribution is 7.91. The summed E-state index contributed by atoms with van der Waals surface area (Å²) in [6.07, 6.45) is 0.719. The standard InChI is InChI=1S/C14H21NO4S/c1-10(13-4-3-12(19-2)7-14(13)16)15-8-11-5-6-20(17,18)9-11/h3-4,7,10-11,15-16H,5-6,8-9H2,1-2H3. The zero-order valence-electron chi connectivity index (χ0n) is 11.8. The number of hydrogen-bond donors (Lipinski definition) is 2. The Balaban J connectivity index is 1.93. The van der Waals surface area contributed by atoms with Crippen molar-refractivity contribution in [3.8, 4) is 11.5 Å². The molecule has 0 bridgehead atoms. The SMILES string of the molecule is COc1ccc(C(C)NCC2CCS(=O)(=O)C2)c(O)c1. The van der Waals surface area contributed by atoms with E-state index in [1.165, 1.54) is 0 Å². The van der Waals surface area contributed by atoms with Crippen molar-refractivity contribution < 1.29 is 18.3 Å². The van der Waals surface area contributed by atoms with Crippen LogP contribution in [0.3, 0.4) is 0 Å². The zero-order chi connectivity index (χ0) is 14.8. The van der Waals surface area contributed by atoms with E-state index in [0.717, 1.165) is 12.0 Å². The number of nitrogens with one attached hydrogen (secondary N) is 1. The minimum Gasteiger partial charge on any atom is -0.507 e. The van der Waals surface area contributed by atoms with Gasteiger partial charge in [-0.25, -0.2) is 8.42 Å². The van der Waals surface area contributed by atoms with Gasteiger partial charge in [0, 0.05) is 17.7 Å². The fourth-order valence-electron chi connectivity index (χ4n) is 2.50. The van der Waals surface area contributed by atoms with Gasteiger partial charge in [0.25, 0.3) is 0 Å². The van der Waals surface area contributed by atoms with E-state index in [2.05, 4.69) is 5.32 Å². The predicted molar refractivity (Wildman–Crippen MR) is 77.8 cm³/mol. The van der Waals surface area contributed by atoms with Crippen molar-refractivity contribution in [1.82, 2.24) is 5.32 Å². The molecule has 1 aliphatic rings. The van der Waals surface area contributed by atoms with Gasteiger partial charge in [0.15, 0.2) is 9.84 Å². The second kappa shape index (κ2) is 6.01. The van der Waals surface area contributed by atoms with Crippen LogP contribution in [0.1, 0.15) is 24.9 Å². The van der Waals surface area contributed by atoms with Crippen LogP contribution in [-0.4, -0.2) is 38.7 Å². The van der Waals surface area contributed by atoms with Crippen molar-refractivity contribution in [2.24, 2.45) is 5.92 Å². The van der Waals surface area contributed by atoms with E-state index in [1.807, 2.05) is 13.0 Å². The molecule has 20 heavy (non-hydrogen) atoms. The summed E-state index contributed by atoms with van der Waals surface area (Å²) in [5.74, 6) is 1.52. The summed E-state index contributed by atoms with van der Waals surface area (Å²) in [7, 11) is -1.28. The Labute approximate surface area is 119 Å². The Hall–Kier alpha value is -1.27. The molecule has 1 saturated heterocycles. The highest BCUT2D eigenvalue weighted by atomic mass is 32.2. The fraction of sp³-hybridized carbons (Fsp3) is 0.571. The first-order chi connectivity index (χ1) is 9.41. The van der Waals surface area contributed by atoms with E-state index < -0.39 is 9.84 Å². The maximum Gasteiger partial charge on any atom is 0.150 e. The van der Waals surface area contributed by atoms with Gasteiger partial charge in [0.2, 0.25) is 0 Å². The number of ether oxygens (including phenoxy) is 1. The summed E-state index contributed by atoms with van der Waals surface area (Å²) >= 11 is 0. The lowest BCUT2D eigenvalue weighted by atomic mass is 10.0. The van der Waals surface area contributed by atoms with Gasteiger partial charge in [-0.3, -0.25) is 0 Å². The normalized spacial score (nSPS) is 22.6. The molecule has 2 atom stereocenters. The van der Waals surface area contributed by atoms with E-state index in [-0.39, 0.29) is 23.5 Å². The van der Waals surface area contributed by atoms with Gasteiger partial charge in [0.1, 0.15) is 11.5 Å². The smallest absolute Gasteiger partial charge is 0.150 e. The fourth-order valence-corrected chi connectivity index (χ4v) is 4.36. The molecule has 1 aliphatic heterocycles. The Morgan fingerprint density at radius 3 is 2.80 bits per heavy atom. The molecule has 0 saturated carbocycles. The topological polar surface area (TPSA) is 75.6 Å². The lowest BCUT2D eigenvalue weighted by Crippen LogP contribution is -2.26. The van der Waals surface area contributed by atoms with Crippen molar-refractivity contribution >= 4 is 9.84 Å². The van der Waals surface area contributed by atoms with Crippen LogP contribution in [0.5, 0.6) is 11.5 Å². The Bertz CT molecular complexity index is 571. The highest BCUT2D eigenvalue weighted by Gasteiger charge is 2.27. The minimum absolute atomic E-state index is 0.0378. The largest absolute Gasteiger partial charge is 0.507 e. The monoisotopic (exact) mass is 299 g/mol. The molecular weight excluding hydrogens is 278 g/mol. The number of benzene rings is 1. The summed E-state index contributed by atoms with van der Waals surface area (Å²) in [5.41, 5.74) is 0.784. The first kappa shape index (κ1) is 15.1. The molecule has 2 unspecified atom stereocenters. The van der Waals surface area contributed by atoms with Gasteiger partial charge in [-0.15, -0.1) is 0 Å². The van der Waals surface area contributed by atoms with Gasteiger partial charge >= 0.3 is 0 Å². The van der Waals surface area contributed by atoms with Crippen LogP contribution in [0.15, 0.2) is 18.2 Å². The number of methoxy groups -OCH3 is 1. The number of sulfone groups is 1. The first-order valence-corrected chi connectivity index (χ1v) is 8.54. The average molecular weight is 299 g/mol. The van der Waals surface area contributed by atoms with E-state index in [4.69, 9.17) is 4.74 Å². The number of hydrogen-bond acceptors (Lipinski definition) is 5. The molecular formula is C14H21NO4S. The van der Waals surface area contributed by atoms with Crippen LogP contribution in [0, 0.1) is 5.92 Å². The molecule has 5 nitrogen and oxygen atoms in total. The van der Waals surface area contributed by atoms with Crippen molar-refractivity contribution in [3.63, 3.8) is 0 Å². The lowest BCUT2D eigenvalue weighted by Gasteiger charge is -2.18. The van der Waals surface area contributed by atoms with Crippen LogP contribution in [0.25, 0.3) is 0 Å². The third-order valence-corrected chi connectivity index (χ3v) is 5.58. The third-order valence-electron chi connectivity index (χ3n) is 3.74. The summed E-state index contributed by atoms with van der Waals surface area (Å²) in [5, 5.41) is 13.2. The van der Waals surface area contributed by atoms with Crippen molar-refractivity contribution in [2.45, 2.75) is 19.4 Å². The predicted octanol–water partition coefficient (Wildman–Crippen LogP) is 1.49. The summed E-state index contributed by atoms with van der Waals surface area (Å²) in [4.78, 5) is 0. The van der Waals surface area contributed by atoms with E-state index in [0.29, 0.717) is 18.0 Å². The van der Waals surface area contributed by atoms with Gasteiger partial charge in [0.05, 0.1) is 18.6 Å². The Morgan fingerprint density at radius 2 is 2.25 bits per heavy atom. The van der Waals surface area contributed by atoms with Crippen LogP contribution in [0.4, 0.5) is 0 Å². The van der Waals surface area contributed by atoms with Gasteiger partial charge in [-0.1, -0.05) is 6.07 Å². The molecule has 0 aromatic heterocycles. The maximum absolute atomic E-state index is 11.4. The molecule has 0 amide bonds. The highest BCUT2D eigenvalue weighted by Crippen LogP contribution is 2.28. The van der Waals surface area contributed by atoms with E-state index in [1.54, 1.807) is 19.2 Å². The Morgan fingerprint density at radius 1 is 1.50 bits per heavy atom. The van der Waals surface area contributed by atoms with Gasteiger partial charge in [-0.05, 0) is 31.9 Å².